The average Bonchev–Trinajstić information content (AvgIpc) is 2.01. The first-order chi connectivity index (χ1) is 5.20. The Balaban J connectivity index is 3.38. The van der Waals surface area contributed by atoms with E-state index in [0.29, 0.717) is 18.8 Å². The molecule has 0 aromatic carbocycles. The molecular formula is C8H16N2O. The van der Waals surface area contributed by atoms with Gasteiger partial charge in [0.2, 0.25) is 0 Å². The van der Waals surface area contributed by atoms with Crippen LogP contribution >= 0.6 is 0 Å². The lowest BCUT2D eigenvalue weighted by atomic mass is 10.2. The van der Waals surface area contributed by atoms with Crippen LogP contribution in [0.15, 0.2) is 12.4 Å². The van der Waals surface area contributed by atoms with Gasteiger partial charge < -0.3 is 10.6 Å². The van der Waals surface area contributed by atoms with Gasteiger partial charge in [0, 0.05) is 13.5 Å². The molecule has 0 spiro atoms. The molecule has 0 aromatic heterocycles. The molecule has 0 atom stereocenters. The summed E-state index contributed by atoms with van der Waals surface area (Å²) in [6, 6.07) is 0. The van der Waals surface area contributed by atoms with Gasteiger partial charge >= 0.3 is 0 Å². The Labute approximate surface area is 67.9 Å². The van der Waals surface area contributed by atoms with E-state index in [1.807, 2.05) is 6.92 Å². The maximum Gasteiger partial charge on any atom is 0.151 e. The first kappa shape index (κ1) is 10.0. The van der Waals surface area contributed by atoms with Crippen molar-refractivity contribution in [1.29, 1.82) is 0 Å². The van der Waals surface area contributed by atoms with Crippen LogP contribution in [0.2, 0.25) is 0 Å². The minimum absolute atomic E-state index is 0.226. The molecule has 0 saturated carbocycles. The van der Waals surface area contributed by atoms with Crippen LogP contribution in [0.25, 0.3) is 0 Å². The second-order valence-corrected chi connectivity index (χ2v) is 2.37. The molecule has 64 valence electrons. The summed E-state index contributed by atoms with van der Waals surface area (Å²) < 4.78 is 0. The van der Waals surface area contributed by atoms with E-state index in [-0.39, 0.29) is 5.78 Å². The van der Waals surface area contributed by atoms with Gasteiger partial charge in [0.25, 0.3) is 0 Å². The third kappa shape index (κ3) is 5.45. The lowest BCUT2D eigenvalue weighted by Crippen LogP contribution is -2.27. The fourth-order valence-corrected chi connectivity index (χ4v) is 0.661. The molecule has 0 amide bonds. The van der Waals surface area contributed by atoms with E-state index in [9.17, 15) is 4.79 Å². The molecule has 0 aliphatic carbocycles. The highest BCUT2D eigenvalue weighted by atomic mass is 16.1. The van der Waals surface area contributed by atoms with Crippen LogP contribution in [0, 0.1) is 0 Å². The van der Waals surface area contributed by atoms with E-state index >= 15 is 0 Å². The van der Waals surface area contributed by atoms with Crippen LogP contribution in [0.3, 0.4) is 0 Å². The number of hydrogen-bond acceptors (Lipinski definition) is 3. The molecule has 0 heterocycles. The second-order valence-electron chi connectivity index (χ2n) is 2.37. The molecule has 0 unspecified atom stereocenters. The monoisotopic (exact) mass is 156 g/mol. The minimum Gasteiger partial charge on any atom is -0.375 e. The normalized spacial score (nSPS) is 8.91. The summed E-state index contributed by atoms with van der Waals surface area (Å²) in [6.45, 7) is 6.00. The Kier molecular flexibility index (Phi) is 5.25. The van der Waals surface area contributed by atoms with Crippen LogP contribution < -0.4 is 10.6 Å². The quantitative estimate of drug-likeness (QED) is 0.593. The van der Waals surface area contributed by atoms with Crippen LogP contribution in [-0.4, -0.2) is 19.4 Å². The summed E-state index contributed by atoms with van der Waals surface area (Å²) in [4.78, 5) is 10.9. The van der Waals surface area contributed by atoms with Crippen molar-refractivity contribution in [1.82, 2.24) is 10.6 Å². The molecule has 11 heavy (non-hydrogen) atoms. The molecule has 0 aromatic rings. The van der Waals surface area contributed by atoms with Crippen molar-refractivity contribution in [3.05, 3.63) is 12.4 Å². The molecular weight excluding hydrogens is 140 g/mol. The smallest absolute Gasteiger partial charge is 0.151 e. The minimum atomic E-state index is 0.226. The zero-order chi connectivity index (χ0) is 8.69. The topological polar surface area (TPSA) is 41.1 Å². The summed E-state index contributed by atoms with van der Waals surface area (Å²) in [7, 11) is 1.76. The van der Waals surface area contributed by atoms with Gasteiger partial charge in [-0.25, -0.2) is 0 Å². The third-order valence-corrected chi connectivity index (χ3v) is 1.33. The van der Waals surface area contributed by atoms with E-state index in [1.54, 1.807) is 7.05 Å². The fraction of sp³-hybridized carbons (Fsp3) is 0.625. The molecule has 3 nitrogen and oxygen atoms in total. The highest BCUT2D eigenvalue weighted by Gasteiger charge is 1.98. The Bertz CT molecular complexity index is 143. The number of rotatable bonds is 6. The van der Waals surface area contributed by atoms with Crippen molar-refractivity contribution in [3.63, 3.8) is 0 Å². The van der Waals surface area contributed by atoms with Crippen molar-refractivity contribution < 1.29 is 4.79 Å². The maximum absolute atomic E-state index is 10.9. The molecule has 2 N–H and O–H groups in total. The van der Waals surface area contributed by atoms with Crippen LogP contribution in [0.4, 0.5) is 0 Å². The number of ketones is 1. The van der Waals surface area contributed by atoms with E-state index in [2.05, 4.69) is 17.2 Å². The van der Waals surface area contributed by atoms with E-state index in [0.717, 1.165) is 6.42 Å². The van der Waals surface area contributed by atoms with E-state index in [4.69, 9.17) is 0 Å². The molecule has 3 heteroatoms. The van der Waals surface area contributed by atoms with Gasteiger partial charge in [-0.3, -0.25) is 4.79 Å². The predicted molar refractivity (Wildman–Crippen MR) is 46.1 cm³/mol. The van der Waals surface area contributed by atoms with Crippen LogP contribution in [-0.2, 0) is 4.79 Å². The molecule has 0 saturated heterocycles. The van der Waals surface area contributed by atoms with Gasteiger partial charge in [-0.2, -0.15) is 0 Å². The van der Waals surface area contributed by atoms with Crippen molar-refractivity contribution in [3.8, 4) is 0 Å². The first-order valence-electron chi connectivity index (χ1n) is 3.83. The largest absolute Gasteiger partial charge is 0.375 e. The molecule has 0 bridgehead atoms. The lowest BCUT2D eigenvalue weighted by Gasteiger charge is -2.06. The molecule has 0 fully saturated rings. The van der Waals surface area contributed by atoms with Gasteiger partial charge in [-0.15, -0.1) is 0 Å². The number of hydrogen-bond donors (Lipinski definition) is 2. The van der Waals surface area contributed by atoms with Crippen molar-refractivity contribution >= 4 is 5.78 Å². The maximum atomic E-state index is 10.9. The lowest BCUT2D eigenvalue weighted by molar-refractivity contribution is -0.118. The van der Waals surface area contributed by atoms with E-state index < -0.39 is 0 Å². The number of nitrogens with one attached hydrogen (secondary N) is 2. The summed E-state index contributed by atoms with van der Waals surface area (Å²) in [6.07, 6.45) is 1.55. The zero-order valence-electron chi connectivity index (χ0n) is 7.24. The standard InChI is InChI=1S/C8H16N2O/c1-4-5-8(11)6-10-7(2)9-3/h9-10H,2,4-6H2,1,3H3. The fourth-order valence-electron chi connectivity index (χ4n) is 0.661. The van der Waals surface area contributed by atoms with Crippen molar-refractivity contribution in [2.75, 3.05) is 13.6 Å². The molecule has 0 aliphatic rings. The van der Waals surface area contributed by atoms with Gasteiger partial charge in [-0.1, -0.05) is 13.5 Å². The Hall–Kier alpha value is -0.990. The SMILES string of the molecule is C=C(NC)NCC(=O)CCC. The predicted octanol–water partition coefficient (Wildman–Crippen LogP) is 0.636. The summed E-state index contributed by atoms with van der Waals surface area (Å²) in [5, 5.41) is 5.67. The van der Waals surface area contributed by atoms with Gasteiger partial charge in [0.15, 0.2) is 5.78 Å². The van der Waals surface area contributed by atoms with Gasteiger partial charge in [0.05, 0.1) is 12.4 Å². The first-order valence-corrected chi connectivity index (χ1v) is 3.83. The summed E-state index contributed by atoms with van der Waals surface area (Å²) >= 11 is 0. The second kappa shape index (κ2) is 5.77. The number of Topliss-reactive ketones (excluding diaryl/α,β-unsaturated/α-hetero) is 1. The van der Waals surface area contributed by atoms with Crippen LogP contribution in [0.1, 0.15) is 19.8 Å². The molecule has 0 rings (SSSR count). The van der Waals surface area contributed by atoms with Crippen molar-refractivity contribution in [2.24, 2.45) is 0 Å². The van der Waals surface area contributed by atoms with Crippen LogP contribution in [0.5, 0.6) is 0 Å². The summed E-state index contributed by atoms with van der Waals surface area (Å²) in [5.74, 6) is 0.915. The highest BCUT2D eigenvalue weighted by molar-refractivity contribution is 5.80. The highest BCUT2D eigenvalue weighted by Crippen LogP contribution is 1.87. The van der Waals surface area contributed by atoms with E-state index in [1.165, 1.54) is 0 Å². The molecule has 0 aliphatic heterocycles. The third-order valence-electron chi connectivity index (χ3n) is 1.33. The summed E-state index contributed by atoms with van der Waals surface area (Å²) in [5.41, 5.74) is 0. The Morgan fingerprint density at radius 3 is 2.64 bits per heavy atom. The average molecular weight is 156 g/mol. The molecule has 0 radical (unpaired) electrons. The number of carbonyl (C=O) groups is 1. The zero-order valence-corrected chi connectivity index (χ0v) is 7.24. The van der Waals surface area contributed by atoms with Gasteiger partial charge in [0.1, 0.15) is 0 Å². The van der Waals surface area contributed by atoms with Crippen molar-refractivity contribution in [2.45, 2.75) is 19.8 Å². The van der Waals surface area contributed by atoms with Gasteiger partial charge in [-0.05, 0) is 6.42 Å². The number of carbonyl (C=O) groups excluding carboxylic acids is 1. The Morgan fingerprint density at radius 1 is 1.55 bits per heavy atom. The Morgan fingerprint density at radius 2 is 2.18 bits per heavy atom.